The first-order valence-electron chi connectivity index (χ1n) is 6.52. The van der Waals surface area contributed by atoms with E-state index in [1.165, 1.54) is 12.1 Å². The van der Waals surface area contributed by atoms with Crippen molar-refractivity contribution in [3.05, 3.63) is 54.0 Å². The number of amides is 1. The van der Waals surface area contributed by atoms with Crippen LogP contribution in [-0.4, -0.2) is 26.4 Å². The van der Waals surface area contributed by atoms with Crippen molar-refractivity contribution in [2.24, 2.45) is 0 Å². The third-order valence-electron chi connectivity index (χ3n) is 2.96. The maximum atomic E-state index is 12.2. The van der Waals surface area contributed by atoms with Crippen molar-refractivity contribution in [1.29, 1.82) is 0 Å². The Balaban J connectivity index is 1.96. The van der Waals surface area contributed by atoms with Gasteiger partial charge in [0.05, 0.1) is 5.75 Å². The maximum Gasteiger partial charge on any atom is 0.371 e. The number of furan rings is 1. The van der Waals surface area contributed by atoms with Gasteiger partial charge < -0.3 is 14.8 Å². The van der Waals surface area contributed by atoms with Crippen LogP contribution >= 0.6 is 0 Å². The summed E-state index contributed by atoms with van der Waals surface area (Å²) in [7, 11) is -1.52. The fourth-order valence-corrected chi connectivity index (χ4v) is 2.70. The summed E-state index contributed by atoms with van der Waals surface area (Å²) < 4.78 is 17.2. The van der Waals surface area contributed by atoms with E-state index in [1.54, 1.807) is 31.2 Å². The lowest BCUT2D eigenvalue weighted by Gasteiger charge is -2.11. The largest absolute Gasteiger partial charge is 0.475 e. The molecule has 0 fully saturated rings. The predicted octanol–water partition coefficient (Wildman–Crippen LogP) is 2.25. The van der Waals surface area contributed by atoms with E-state index in [2.05, 4.69) is 5.32 Å². The zero-order chi connectivity index (χ0) is 16.1. The van der Waals surface area contributed by atoms with E-state index in [9.17, 15) is 13.8 Å². The molecule has 6 nitrogen and oxygen atoms in total. The average molecular weight is 321 g/mol. The molecule has 2 aromatic rings. The van der Waals surface area contributed by atoms with Crippen molar-refractivity contribution in [3.8, 4) is 0 Å². The van der Waals surface area contributed by atoms with Crippen LogP contribution in [0.2, 0.25) is 0 Å². The fourth-order valence-electron chi connectivity index (χ4n) is 1.72. The zero-order valence-electron chi connectivity index (χ0n) is 11.8. The van der Waals surface area contributed by atoms with Gasteiger partial charge in [-0.3, -0.25) is 9.00 Å². The summed E-state index contributed by atoms with van der Waals surface area (Å²) >= 11 is 0. The Morgan fingerprint density at radius 1 is 1.23 bits per heavy atom. The number of aromatic carboxylic acids is 1. The Hall–Kier alpha value is -2.41. The molecule has 22 heavy (non-hydrogen) atoms. The fraction of sp³-hybridized carbons (Fsp3) is 0.200. The van der Waals surface area contributed by atoms with Crippen LogP contribution in [0.1, 0.15) is 23.2 Å². The quantitative estimate of drug-likeness (QED) is 0.850. The van der Waals surface area contributed by atoms with Crippen molar-refractivity contribution >= 4 is 28.4 Å². The molecule has 0 saturated carbocycles. The summed E-state index contributed by atoms with van der Waals surface area (Å²) in [5.41, 5.74) is 0.627. The molecular weight excluding hydrogens is 306 g/mol. The number of hydrogen-bond acceptors (Lipinski definition) is 4. The standard InChI is InChI=1S/C15H15NO5S/c1-10(14(17)16-11-5-3-2-4-6-11)22(20)9-12-7-8-13(21-12)15(18)19/h2-8,10H,9H2,1H3,(H,16,17)(H,18,19). The smallest absolute Gasteiger partial charge is 0.371 e. The van der Waals surface area contributed by atoms with Crippen molar-refractivity contribution in [1.82, 2.24) is 0 Å². The van der Waals surface area contributed by atoms with Gasteiger partial charge in [0.15, 0.2) is 0 Å². The Morgan fingerprint density at radius 2 is 1.91 bits per heavy atom. The van der Waals surface area contributed by atoms with Gasteiger partial charge in [-0.15, -0.1) is 0 Å². The summed E-state index contributed by atoms with van der Waals surface area (Å²) in [6.07, 6.45) is 0. The minimum Gasteiger partial charge on any atom is -0.475 e. The molecule has 0 aliphatic carbocycles. The molecule has 1 heterocycles. The average Bonchev–Trinajstić information content (AvgIpc) is 2.96. The van der Waals surface area contributed by atoms with Gasteiger partial charge in [0.25, 0.3) is 0 Å². The maximum absolute atomic E-state index is 12.2. The molecule has 0 bridgehead atoms. The lowest BCUT2D eigenvalue weighted by molar-refractivity contribution is -0.115. The lowest BCUT2D eigenvalue weighted by Crippen LogP contribution is -2.29. The second-order valence-corrected chi connectivity index (χ2v) is 6.35. The number of rotatable bonds is 6. The molecular formula is C15H15NO5S. The van der Waals surface area contributed by atoms with E-state index >= 15 is 0 Å². The highest BCUT2D eigenvalue weighted by atomic mass is 32.2. The summed E-state index contributed by atoms with van der Waals surface area (Å²) in [4.78, 5) is 22.7. The molecule has 2 unspecified atom stereocenters. The summed E-state index contributed by atoms with van der Waals surface area (Å²) in [5.74, 6) is -1.51. The molecule has 1 aromatic heterocycles. The van der Waals surface area contributed by atoms with Gasteiger partial charge >= 0.3 is 5.97 Å². The molecule has 116 valence electrons. The van der Waals surface area contributed by atoms with Gasteiger partial charge in [-0.05, 0) is 31.2 Å². The molecule has 1 aromatic carbocycles. The number of carboxylic acids is 1. The highest BCUT2D eigenvalue weighted by Gasteiger charge is 2.22. The molecule has 1 amide bonds. The third kappa shape index (κ3) is 4.05. The molecule has 2 N–H and O–H groups in total. The van der Waals surface area contributed by atoms with E-state index in [-0.39, 0.29) is 23.2 Å². The molecule has 0 spiro atoms. The van der Waals surface area contributed by atoms with E-state index in [1.807, 2.05) is 6.07 Å². The van der Waals surface area contributed by atoms with Crippen LogP contribution in [0, 0.1) is 0 Å². The van der Waals surface area contributed by atoms with E-state index in [0.29, 0.717) is 5.69 Å². The number of nitrogens with one attached hydrogen (secondary N) is 1. The van der Waals surface area contributed by atoms with Crippen LogP contribution in [0.4, 0.5) is 5.69 Å². The SMILES string of the molecule is CC(C(=O)Nc1ccccc1)S(=O)Cc1ccc(C(=O)O)o1. The molecule has 7 heteroatoms. The van der Waals surface area contributed by atoms with Crippen LogP contribution in [0.15, 0.2) is 46.9 Å². The number of carboxylic acid groups (broad SMARTS) is 1. The Bertz CT molecular complexity index is 695. The molecule has 0 aliphatic heterocycles. The second-order valence-electron chi connectivity index (χ2n) is 4.59. The van der Waals surface area contributed by atoms with Crippen molar-refractivity contribution in [3.63, 3.8) is 0 Å². The summed E-state index contributed by atoms with van der Waals surface area (Å²) in [6.45, 7) is 1.55. The Labute approximate surface area is 129 Å². The Kier molecular flexibility index (Phi) is 5.11. The normalized spacial score (nSPS) is 13.3. The van der Waals surface area contributed by atoms with E-state index < -0.39 is 22.0 Å². The molecule has 2 rings (SSSR count). The monoisotopic (exact) mass is 321 g/mol. The van der Waals surface area contributed by atoms with Crippen LogP contribution in [0.25, 0.3) is 0 Å². The number of para-hydroxylation sites is 1. The van der Waals surface area contributed by atoms with Crippen LogP contribution in [-0.2, 0) is 21.3 Å². The van der Waals surface area contributed by atoms with Gasteiger partial charge in [0.1, 0.15) is 11.0 Å². The van der Waals surface area contributed by atoms with Crippen LogP contribution < -0.4 is 5.32 Å². The van der Waals surface area contributed by atoms with Crippen molar-refractivity contribution in [2.45, 2.75) is 17.9 Å². The van der Waals surface area contributed by atoms with Crippen LogP contribution in [0.3, 0.4) is 0 Å². The minimum absolute atomic E-state index is 0.0172. The number of anilines is 1. The first-order valence-corrected chi connectivity index (χ1v) is 7.90. The van der Waals surface area contributed by atoms with Crippen molar-refractivity contribution in [2.75, 3.05) is 5.32 Å². The molecule has 2 atom stereocenters. The number of hydrogen-bond donors (Lipinski definition) is 2. The van der Waals surface area contributed by atoms with Gasteiger partial charge in [0, 0.05) is 16.5 Å². The molecule has 0 saturated heterocycles. The minimum atomic E-state index is -1.52. The second kappa shape index (κ2) is 7.04. The highest BCUT2D eigenvalue weighted by molar-refractivity contribution is 7.85. The topological polar surface area (TPSA) is 96.6 Å². The first kappa shape index (κ1) is 16.0. The molecule has 0 radical (unpaired) electrons. The lowest BCUT2D eigenvalue weighted by atomic mass is 10.3. The number of carbonyl (C=O) groups is 2. The first-order chi connectivity index (χ1) is 10.5. The van der Waals surface area contributed by atoms with E-state index in [0.717, 1.165) is 0 Å². The third-order valence-corrected chi connectivity index (χ3v) is 4.53. The summed E-state index contributed by atoms with van der Waals surface area (Å²) in [5, 5.41) is 10.7. The van der Waals surface area contributed by atoms with E-state index in [4.69, 9.17) is 9.52 Å². The van der Waals surface area contributed by atoms with Gasteiger partial charge in [-0.25, -0.2) is 4.79 Å². The molecule has 0 aliphatic rings. The number of carbonyl (C=O) groups excluding carboxylic acids is 1. The zero-order valence-corrected chi connectivity index (χ0v) is 12.6. The Morgan fingerprint density at radius 3 is 2.50 bits per heavy atom. The van der Waals surface area contributed by atoms with Gasteiger partial charge in [-0.2, -0.15) is 0 Å². The van der Waals surface area contributed by atoms with Crippen molar-refractivity contribution < 1.29 is 23.3 Å². The summed E-state index contributed by atoms with van der Waals surface area (Å²) in [6, 6.07) is 11.6. The highest BCUT2D eigenvalue weighted by Crippen LogP contribution is 2.14. The number of benzene rings is 1. The predicted molar refractivity (Wildman–Crippen MR) is 82.0 cm³/mol. The van der Waals surface area contributed by atoms with Crippen LogP contribution in [0.5, 0.6) is 0 Å². The van der Waals surface area contributed by atoms with Gasteiger partial charge in [0.2, 0.25) is 11.7 Å². The van der Waals surface area contributed by atoms with Gasteiger partial charge in [-0.1, -0.05) is 18.2 Å².